The normalized spacial score (nSPS) is 12.0. The monoisotopic (exact) mass is 473 g/mol. The fourth-order valence-corrected chi connectivity index (χ4v) is 4.71. The Morgan fingerprint density at radius 3 is 2.39 bits per heavy atom. The van der Waals surface area contributed by atoms with Crippen molar-refractivity contribution in [2.24, 2.45) is 0 Å². The average Bonchev–Trinajstić information content (AvgIpc) is 3.09. The molecule has 8 nitrogen and oxygen atoms in total. The molecular formula is C24H27NO7S. The summed E-state index contributed by atoms with van der Waals surface area (Å²) in [7, 11) is -3.84. The molecule has 0 amide bonds. The number of benzene rings is 2. The predicted molar refractivity (Wildman–Crippen MR) is 123 cm³/mol. The van der Waals surface area contributed by atoms with Gasteiger partial charge in [0.15, 0.2) is 0 Å². The largest absolute Gasteiger partial charge is 0.460 e. The molecule has 0 aliphatic heterocycles. The molecule has 0 atom stereocenters. The number of ether oxygens (including phenoxy) is 2. The van der Waals surface area contributed by atoms with Crippen LogP contribution < -0.4 is 4.72 Å². The number of carbonyl (C=O) groups is 2. The Bertz CT molecular complexity index is 1300. The molecule has 0 unspecified atom stereocenters. The van der Waals surface area contributed by atoms with Crippen molar-refractivity contribution in [3.05, 3.63) is 64.9 Å². The summed E-state index contributed by atoms with van der Waals surface area (Å²) in [6.45, 7) is 8.46. The molecule has 0 spiro atoms. The Labute approximate surface area is 192 Å². The molecule has 0 aliphatic carbocycles. The minimum atomic E-state index is -3.84. The maximum absolute atomic E-state index is 12.9. The topological polar surface area (TPSA) is 112 Å². The van der Waals surface area contributed by atoms with E-state index in [1.54, 1.807) is 65.0 Å². The Morgan fingerprint density at radius 1 is 1.03 bits per heavy atom. The Balaban J connectivity index is 1.90. The van der Waals surface area contributed by atoms with Gasteiger partial charge >= 0.3 is 11.9 Å². The van der Waals surface area contributed by atoms with Crippen LogP contribution in [0, 0.1) is 6.92 Å². The van der Waals surface area contributed by atoms with Crippen molar-refractivity contribution in [1.29, 1.82) is 0 Å². The van der Waals surface area contributed by atoms with Crippen LogP contribution in [0.2, 0.25) is 0 Å². The number of hydrogen-bond acceptors (Lipinski definition) is 7. The van der Waals surface area contributed by atoms with Gasteiger partial charge in [0.1, 0.15) is 12.2 Å². The van der Waals surface area contributed by atoms with Crippen molar-refractivity contribution in [3.8, 4) is 0 Å². The minimum absolute atomic E-state index is 0.0340. The molecule has 3 rings (SSSR count). The van der Waals surface area contributed by atoms with Gasteiger partial charge in [0.2, 0.25) is 15.8 Å². The van der Waals surface area contributed by atoms with Crippen LogP contribution in [0.25, 0.3) is 11.0 Å². The highest BCUT2D eigenvalue weighted by Gasteiger charge is 2.26. The lowest BCUT2D eigenvalue weighted by molar-refractivity contribution is 0.0434. The summed E-state index contributed by atoms with van der Waals surface area (Å²) < 4.78 is 44.1. The van der Waals surface area contributed by atoms with Crippen LogP contribution in [0.15, 0.2) is 51.8 Å². The number of hydrogen-bond donors (Lipinski definition) is 1. The van der Waals surface area contributed by atoms with Gasteiger partial charge in [-0.15, -0.1) is 0 Å². The third-order valence-electron chi connectivity index (χ3n) is 4.69. The zero-order chi connectivity index (χ0) is 24.4. The van der Waals surface area contributed by atoms with E-state index in [1.165, 1.54) is 12.1 Å². The quantitative estimate of drug-likeness (QED) is 0.508. The van der Waals surface area contributed by atoms with Crippen LogP contribution in [0.3, 0.4) is 0 Å². The molecule has 3 aromatic rings. The summed E-state index contributed by atoms with van der Waals surface area (Å²) in [5.41, 5.74) is 0.822. The predicted octanol–water partition coefficient (Wildman–Crippen LogP) is 4.35. The van der Waals surface area contributed by atoms with Gasteiger partial charge in [0, 0.05) is 10.9 Å². The summed E-state index contributed by atoms with van der Waals surface area (Å²) >= 11 is 0. The second kappa shape index (κ2) is 9.36. The van der Waals surface area contributed by atoms with Gasteiger partial charge in [0.05, 0.1) is 22.6 Å². The number of rotatable bonds is 7. The summed E-state index contributed by atoms with van der Waals surface area (Å²) in [6.07, 6.45) is 0. The van der Waals surface area contributed by atoms with Crippen LogP contribution in [0.5, 0.6) is 0 Å². The molecule has 2 aromatic carbocycles. The third kappa shape index (κ3) is 5.61. The van der Waals surface area contributed by atoms with E-state index >= 15 is 0 Å². The van der Waals surface area contributed by atoms with Crippen molar-refractivity contribution < 1.29 is 31.9 Å². The van der Waals surface area contributed by atoms with Crippen molar-refractivity contribution in [2.75, 3.05) is 6.61 Å². The molecule has 9 heteroatoms. The number of aryl methyl sites for hydroxylation is 1. The van der Waals surface area contributed by atoms with Crippen LogP contribution in [-0.2, 0) is 26.1 Å². The number of fused-ring (bicyclic) bond motifs is 1. The zero-order valence-corrected chi connectivity index (χ0v) is 20.0. The SMILES string of the molecule is CCOC(=O)c1oc2ccccc2c1COC(=O)c1cc(S(=O)(=O)NC(C)(C)C)ccc1C. The smallest absolute Gasteiger partial charge is 0.374 e. The van der Waals surface area contributed by atoms with Crippen LogP contribution in [0.1, 0.15) is 59.7 Å². The molecule has 0 radical (unpaired) electrons. The summed E-state index contributed by atoms with van der Waals surface area (Å²) in [4.78, 5) is 25.2. The van der Waals surface area contributed by atoms with Crippen molar-refractivity contribution in [3.63, 3.8) is 0 Å². The number of sulfonamides is 1. The van der Waals surface area contributed by atoms with E-state index in [0.29, 0.717) is 22.1 Å². The van der Waals surface area contributed by atoms with Gasteiger partial charge in [-0.2, -0.15) is 0 Å². The summed E-state index contributed by atoms with van der Waals surface area (Å²) in [6, 6.07) is 11.3. The van der Waals surface area contributed by atoms with Crippen LogP contribution in [0.4, 0.5) is 0 Å². The maximum Gasteiger partial charge on any atom is 0.374 e. The second-order valence-corrected chi connectivity index (χ2v) is 10.2. The Morgan fingerprint density at radius 2 is 1.73 bits per heavy atom. The first-order valence-electron chi connectivity index (χ1n) is 10.4. The van der Waals surface area contributed by atoms with Gasteiger partial charge in [-0.25, -0.2) is 22.7 Å². The molecule has 0 saturated heterocycles. The fraction of sp³-hybridized carbons (Fsp3) is 0.333. The Kier molecular flexibility index (Phi) is 6.94. The lowest BCUT2D eigenvalue weighted by Gasteiger charge is -2.20. The van der Waals surface area contributed by atoms with Crippen molar-refractivity contribution >= 4 is 32.9 Å². The highest BCUT2D eigenvalue weighted by Crippen LogP contribution is 2.28. The van der Waals surface area contributed by atoms with E-state index in [4.69, 9.17) is 13.9 Å². The van der Waals surface area contributed by atoms with Crippen LogP contribution in [-0.4, -0.2) is 32.5 Å². The van der Waals surface area contributed by atoms with Crippen molar-refractivity contribution in [1.82, 2.24) is 4.72 Å². The molecule has 1 aromatic heterocycles. The first-order chi connectivity index (χ1) is 15.4. The molecule has 176 valence electrons. The standard InChI is InChI=1S/C24H27NO7S/c1-6-30-23(27)21-19(17-9-7-8-10-20(17)32-21)14-31-22(26)18-13-16(12-11-15(18)2)33(28,29)25-24(3,4)5/h7-13,25H,6,14H2,1-5H3. The third-order valence-corrected chi connectivity index (χ3v) is 6.44. The van der Waals surface area contributed by atoms with Crippen LogP contribution >= 0.6 is 0 Å². The zero-order valence-electron chi connectivity index (χ0n) is 19.2. The van der Waals surface area contributed by atoms with Gasteiger partial charge < -0.3 is 13.9 Å². The van der Waals surface area contributed by atoms with Crippen molar-refractivity contribution in [2.45, 2.75) is 51.7 Å². The lowest BCUT2D eigenvalue weighted by atomic mass is 10.1. The van der Waals surface area contributed by atoms with E-state index in [1.807, 2.05) is 0 Å². The van der Waals surface area contributed by atoms with Gasteiger partial charge in [-0.1, -0.05) is 24.3 Å². The van der Waals surface area contributed by atoms with E-state index < -0.39 is 27.5 Å². The fourth-order valence-electron chi connectivity index (χ4n) is 3.27. The second-order valence-electron chi connectivity index (χ2n) is 8.53. The molecule has 0 saturated carbocycles. The molecule has 0 fully saturated rings. The summed E-state index contributed by atoms with van der Waals surface area (Å²) in [5, 5.41) is 0.621. The Hall–Kier alpha value is -3.17. The van der Waals surface area contributed by atoms with Gasteiger partial charge in [0.25, 0.3) is 0 Å². The molecule has 33 heavy (non-hydrogen) atoms. The van der Waals surface area contributed by atoms with Gasteiger partial charge in [-0.05, 0) is 58.4 Å². The van der Waals surface area contributed by atoms with E-state index in [9.17, 15) is 18.0 Å². The average molecular weight is 474 g/mol. The van der Waals surface area contributed by atoms with E-state index in [0.717, 1.165) is 0 Å². The lowest BCUT2D eigenvalue weighted by Crippen LogP contribution is -2.40. The molecular weight excluding hydrogens is 446 g/mol. The number of carbonyl (C=O) groups excluding carboxylic acids is 2. The number of esters is 2. The molecule has 0 aliphatic rings. The number of para-hydroxylation sites is 1. The number of furan rings is 1. The molecule has 1 heterocycles. The molecule has 1 N–H and O–H groups in total. The summed E-state index contributed by atoms with van der Waals surface area (Å²) in [5.74, 6) is -1.41. The van der Waals surface area contributed by atoms with Gasteiger partial charge in [-0.3, -0.25) is 0 Å². The number of nitrogens with one attached hydrogen (secondary N) is 1. The highest BCUT2D eigenvalue weighted by atomic mass is 32.2. The highest BCUT2D eigenvalue weighted by molar-refractivity contribution is 7.89. The van der Waals surface area contributed by atoms with E-state index in [-0.39, 0.29) is 29.4 Å². The first kappa shape index (κ1) is 24.5. The first-order valence-corrected chi connectivity index (χ1v) is 11.9. The minimum Gasteiger partial charge on any atom is -0.460 e. The van der Waals surface area contributed by atoms with E-state index in [2.05, 4.69) is 4.72 Å². The molecule has 0 bridgehead atoms. The maximum atomic E-state index is 12.9.